The van der Waals surface area contributed by atoms with Gasteiger partial charge in [0.1, 0.15) is 0 Å². The second-order valence-electron chi connectivity index (χ2n) is 4.45. The predicted molar refractivity (Wildman–Crippen MR) is 91.8 cm³/mol. The van der Waals surface area contributed by atoms with Crippen LogP contribution < -0.4 is 0 Å². The molecule has 2 aromatic carbocycles. The van der Waals surface area contributed by atoms with E-state index in [-0.39, 0.29) is 11.9 Å². The van der Waals surface area contributed by atoms with Gasteiger partial charge >= 0.3 is 5.97 Å². The van der Waals surface area contributed by atoms with Crippen molar-refractivity contribution in [1.82, 2.24) is 0 Å². The maximum Gasteiger partial charge on any atom is 0.313 e. The average Bonchev–Trinajstić information content (AvgIpc) is 2.56. The Kier molecular flexibility index (Phi) is 5.96. The minimum absolute atomic E-state index is 0.232. The zero-order valence-corrected chi connectivity index (χ0v) is 13.3. The largest absolute Gasteiger partial charge is 0.469 e. The molecule has 0 amide bonds. The minimum Gasteiger partial charge on any atom is -0.469 e. The molecule has 0 N–H and O–H groups in total. The molecule has 21 heavy (non-hydrogen) atoms. The van der Waals surface area contributed by atoms with Crippen LogP contribution in [0.15, 0.2) is 60.7 Å². The zero-order valence-electron chi connectivity index (χ0n) is 11.7. The first-order valence-electron chi connectivity index (χ1n) is 6.57. The molecule has 2 nitrogen and oxygen atoms in total. The molecule has 0 heterocycles. The van der Waals surface area contributed by atoms with Gasteiger partial charge in [-0.25, -0.2) is 0 Å². The number of hydrogen-bond acceptors (Lipinski definition) is 4. The first-order chi connectivity index (χ1) is 10.2. The lowest BCUT2D eigenvalue weighted by Gasteiger charge is -2.15. The number of carbonyl (C=O) groups excluding carboxylic acids is 1. The summed E-state index contributed by atoms with van der Waals surface area (Å²) >= 11 is 6.93. The lowest BCUT2D eigenvalue weighted by Crippen LogP contribution is -2.17. The summed E-state index contributed by atoms with van der Waals surface area (Å²) < 4.78 is 5.70. The van der Waals surface area contributed by atoms with E-state index in [0.717, 1.165) is 15.3 Å². The van der Waals surface area contributed by atoms with Crippen molar-refractivity contribution in [3.8, 4) is 0 Å². The smallest absolute Gasteiger partial charge is 0.313 e. The summed E-state index contributed by atoms with van der Waals surface area (Å²) in [5, 5.41) is 0. The van der Waals surface area contributed by atoms with Gasteiger partial charge in [0.25, 0.3) is 0 Å². The van der Waals surface area contributed by atoms with Crippen molar-refractivity contribution in [2.75, 3.05) is 12.9 Å². The molecule has 0 aromatic heterocycles. The number of thiocarbonyl (C=S) groups is 1. The molecule has 0 bridgehead atoms. The number of esters is 1. The number of hydrogen-bond donors (Lipinski definition) is 0. The van der Waals surface area contributed by atoms with E-state index in [4.69, 9.17) is 17.0 Å². The molecule has 0 fully saturated rings. The third-order valence-electron chi connectivity index (χ3n) is 3.08. The molecular weight excluding hydrogens is 300 g/mol. The van der Waals surface area contributed by atoms with Crippen LogP contribution in [0.3, 0.4) is 0 Å². The highest BCUT2D eigenvalue weighted by molar-refractivity contribution is 8.23. The molecule has 2 aromatic rings. The zero-order chi connectivity index (χ0) is 15.1. The molecular formula is C17H16O2S2. The predicted octanol–water partition coefficient (Wildman–Crippen LogP) is 4.05. The molecule has 108 valence electrons. The van der Waals surface area contributed by atoms with E-state index >= 15 is 0 Å². The molecule has 0 saturated carbocycles. The standard InChI is InChI=1S/C17H16O2S2/c1-19-16(18)15(13-8-4-2-5-9-13)12-21-17(20)14-10-6-3-7-11-14/h2-11,15H,12H2,1H3. The first-order valence-corrected chi connectivity index (χ1v) is 7.96. The summed E-state index contributed by atoms with van der Waals surface area (Å²) in [4.78, 5) is 12.0. The van der Waals surface area contributed by atoms with Crippen LogP contribution in [0.25, 0.3) is 0 Å². The van der Waals surface area contributed by atoms with E-state index < -0.39 is 0 Å². The van der Waals surface area contributed by atoms with Crippen molar-refractivity contribution < 1.29 is 9.53 Å². The summed E-state index contributed by atoms with van der Waals surface area (Å²) in [6.07, 6.45) is 0. The van der Waals surface area contributed by atoms with Gasteiger partial charge in [-0.3, -0.25) is 4.79 Å². The molecule has 0 aliphatic heterocycles. The SMILES string of the molecule is COC(=O)C(CSC(=S)c1ccccc1)c1ccccc1. The second-order valence-corrected chi connectivity index (χ2v) is 6.15. The third-order valence-corrected chi connectivity index (χ3v) is 4.67. The Balaban J connectivity index is 2.07. The minimum atomic E-state index is -0.303. The van der Waals surface area contributed by atoms with E-state index in [1.165, 1.54) is 18.9 Å². The maximum atomic E-state index is 12.0. The topological polar surface area (TPSA) is 26.3 Å². The highest BCUT2D eigenvalue weighted by atomic mass is 32.2. The van der Waals surface area contributed by atoms with Crippen molar-refractivity contribution in [2.45, 2.75) is 5.92 Å². The van der Waals surface area contributed by atoms with Gasteiger partial charge in [0.05, 0.1) is 17.2 Å². The molecule has 1 unspecified atom stereocenters. The first kappa shape index (κ1) is 15.7. The maximum absolute atomic E-state index is 12.0. The summed E-state index contributed by atoms with van der Waals surface area (Å²) in [6, 6.07) is 19.5. The second kappa shape index (κ2) is 7.96. The van der Waals surface area contributed by atoms with E-state index in [2.05, 4.69) is 0 Å². The van der Waals surface area contributed by atoms with Crippen molar-refractivity contribution in [3.63, 3.8) is 0 Å². The molecule has 4 heteroatoms. The lowest BCUT2D eigenvalue weighted by molar-refractivity contribution is -0.141. The number of methoxy groups -OCH3 is 1. The highest BCUT2D eigenvalue weighted by Crippen LogP contribution is 2.25. The lowest BCUT2D eigenvalue weighted by atomic mass is 10.0. The van der Waals surface area contributed by atoms with E-state index in [1.807, 2.05) is 60.7 Å². The van der Waals surface area contributed by atoms with Crippen LogP contribution in [0.5, 0.6) is 0 Å². The van der Waals surface area contributed by atoms with Gasteiger partial charge in [-0.05, 0) is 11.1 Å². The fraction of sp³-hybridized carbons (Fsp3) is 0.176. The number of carbonyl (C=O) groups is 1. The summed E-state index contributed by atoms with van der Waals surface area (Å²) in [7, 11) is 1.42. The molecule has 1 atom stereocenters. The fourth-order valence-electron chi connectivity index (χ4n) is 1.94. The normalized spacial score (nSPS) is 11.7. The Morgan fingerprint density at radius 1 is 1.10 bits per heavy atom. The van der Waals surface area contributed by atoms with E-state index in [1.54, 1.807) is 0 Å². The number of thioether (sulfide) groups is 1. The van der Waals surface area contributed by atoms with Crippen molar-refractivity contribution in [3.05, 3.63) is 71.8 Å². The van der Waals surface area contributed by atoms with Crippen LogP contribution in [0.2, 0.25) is 0 Å². The molecule has 0 spiro atoms. The van der Waals surface area contributed by atoms with Gasteiger partial charge < -0.3 is 4.74 Å². The van der Waals surface area contributed by atoms with Gasteiger partial charge in [-0.1, -0.05) is 72.9 Å². The van der Waals surface area contributed by atoms with Gasteiger partial charge in [-0.15, -0.1) is 11.8 Å². The quantitative estimate of drug-likeness (QED) is 0.614. The molecule has 2 rings (SSSR count). The van der Waals surface area contributed by atoms with Gasteiger partial charge in [0.15, 0.2) is 0 Å². The van der Waals surface area contributed by atoms with Crippen LogP contribution in [0.1, 0.15) is 17.0 Å². The summed E-state index contributed by atoms with van der Waals surface area (Å²) in [5.74, 6) is 0.0390. The third kappa shape index (κ3) is 4.41. The Labute approximate surface area is 134 Å². The average molecular weight is 316 g/mol. The molecule has 0 radical (unpaired) electrons. The van der Waals surface area contributed by atoms with E-state index in [0.29, 0.717) is 5.75 Å². The number of benzene rings is 2. The molecule has 0 aliphatic carbocycles. The van der Waals surface area contributed by atoms with E-state index in [9.17, 15) is 4.79 Å². The van der Waals surface area contributed by atoms with Crippen LogP contribution in [-0.4, -0.2) is 23.0 Å². The van der Waals surface area contributed by atoms with Gasteiger partial charge in [0.2, 0.25) is 0 Å². The summed E-state index contributed by atoms with van der Waals surface area (Å²) in [5.41, 5.74) is 1.96. The van der Waals surface area contributed by atoms with Crippen molar-refractivity contribution in [2.24, 2.45) is 0 Å². The fourth-order valence-corrected chi connectivity index (χ4v) is 3.23. The van der Waals surface area contributed by atoms with Gasteiger partial charge in [0, 0.05) is 5.75 Å². The Bertz CT molecular complexity index is 597. The van der Waals surface area contributed by atoms with Crippen molar-refractivity contribution in [1.29, 1.82) is 0 Å². The Morgan fingerprint density at radius 2 is 1.67 bits per heavy atom. The number of rotatable bonds is 5. The molecule has 0 aliphatic rings. The van der Waals surface area contributed by atoms with Crippen LogP contribution in [-0.2, 0) is 9.53 Å². The van der Waals surface area contributed by atoms with Crippen LogP contribution in [0.4, 0.5) is 0 Å². The monoisotopic (exact) mass is 316 g/mol. The molecule has 0 saturated heterocycles. The number of ether oxygens (including phenoxy) is 1. The van der Waals surface area contributed by atoms with Crippen LogP contribution in [0, 0.1) is 0 Å². The van der Waals surface area contributed by atoms with Crippen LogP contribution >= 0.6 is 24.0 Å². The Morgan fingerprint density at radius 3 is 2.24 bits per heavy atom. The van der Waals surface area contributed by atoms with Crippen molar-refractivity contribution >= 4 is 34.1 Å². The highest BCUT2D eigenvalue weighted by Gasteiger charge is 2.22. The summed E-state index contributed by atoms with van der Waals surface area (Å²) in [6.45, 7) is 0. The Hall–Kier alpha value is -1.65. The van der Waals surface area contributed by atoms with Gasteiger partial charge in [-0.2, -0.15) is 0 Å².